The van der Waals surface area contributed by atoms with Crippen molar-refractivity contribution < 1.29 is 14.3 Å². The molecule has 0 radical (unpaired) electrons. The number of alkyl halides is 1. The molecule has 0 saturated heterocycles. The van der Waals surface area contributed by atoms with E-state index in [0.29, 0.717) is 11.3 Å². The van der Waals surface area contributed by atoms with Gasteiger partial charge >= 0.3 is 5.97 Å². The second kappa shape index (κ2) is 5.50. The molecule has 1 amide bonds. The quantitative estimate of drug-likeness (QED) is 0.674. The van der Waals surface area contributed by atoms with E-state index in [0.717, 1.165) is 0 Å². The van der Waals surface area contributed by atoms with Crippen LogP contribution in [0.15, 0.2) is 24.3 Å². The van der Waals surface area contributed by atoms with E-state index in [2.05, 4.69) is 26.0 Å². The van der Waals surface area contributed by atoms with E-state index < -0.39 is 5.97 Å². The van der Waals surface area contributed by atoms with Crippen LogP contribution in [0.5, 0.6) is 0 Å². The zero-order valence-corrected chi connectivity index (χ0v) is 9.71. The van der Waals surface area contributed by atoms with E-state index in [1.807, 2.05) is 0 Å². The zero-order chi connectivity index (χ0) is 11.3. The second-order valence-corrected chi connectivity index (χ2v) is 3.28. The van der Waals surface area contributed by atoms with Crippen LogP contribution in [-0.2, 0) is 9.53 Å². The molecule has 0 unspecified atom stereocenters. The molecule has 80 valence electrons. The third kappa shape index (κ3) is 3.06. The fourth-order valence-electron chi connectivity index (χ4n) is 1.06. The topological polar surface area (TPSA) is 55.4 Å². The number of halogens is 1. The van der Waals surface area contributed by atoms with Crippen molar-refractivity contribution in [1.29, 1.82) is 0 Å². The Labute approximate surface area is 95.7 Å². The van der Waals surface area contributed by atoms with Gasteiger partial charge in [0.25, 0.3) is 0 Å². The number of rotatable bonds is 3. The molecular formula is C10H10BrNO3. The Morgan fingerprint density at radius 2 is 2.07 bits per heavy atom. The normalized spacial score (nSPS) is 9.47. The molecule has 1 rings (SSSR count). The molecule has 0 fully saturated rings. The number of carbonyl (C=O) groups is 2. The van der Waals surface area contributed by atoms with Crippen LogP contribution in [0.2, 0.25) is 0 Å². The first-order valence-electron chi connectivity index (χ1n) is 4.22. The van der Waals surface area contributed by atoms with Gasteiger partial charge < -0.3 is 10.1 Å². The van der Waals surface area contributed by atoms with E-state index in [4.69, 9.17) is 0 Å². The third-order valence-corrected chi connectivity index (χ3v) is 2.24. The highest BCUT2D eigenvalue weighted by Crippen LogP contribution is 2.15. The lowest BCUT2D eigenvalue weighted by molar-refractivity contribution is -0.113. The van der Waals surface area contributed by atoms with E-state index >= 15 is 0 Å². The van der Waals surface area contributed by atoms with Gasteiger partial charge in [-0.05, 0) is 12.1 Å². The summed E-state index contributed by atoms with van der Waals surface area (Å²) in [6.07, 6.45) is 0. The SMILES string of the molecule is COC(=O)c1ccccc1NC(=O)CBr. The largest absolute Gasteiger partial charge is 0.465 e. The van der Waals surface area contributed by atoms with Crippen molar-refractivity contribution in [3.05, 3.63) is 29.8 Å². The lowest BCUT2D eigenvalue weighted by atomic mass is 10.2. The van der Waals surface area contributed by atoms with Crippen molar-refractivity contribution in [2.24, 2.45) is 0 Å². The van der Waals surface area contributed by atoms with Crippen LogP contribution in [0, 0.1) is 0 Å². The predicted molar refractivity (Wildman–Crippen MR) is 60.2 cm³/mol. The number of amides is 1. The van der Waals surface area contributed by atoms with Gasteiger partial charge in [0.1, 0.15) is 0 Å². The molecule has 0 atom stereocenters. The minimum atomic E-state index is -0.472. The Morgan fingerprint density at radius 3 is 2.67 bits per heavy atom. The standard InChI is InChI=1S/C10H10BrNO3/c1-15-10(14)7-4-2-3-5-8(7)12-9(13)6-11/h2-5H,6H2,1H3,(H,12,13). The molecular weight excluding hydrogens is 262 g/mol. The summed E-state index contributed by atoms with van der Waals surface area (Å²) in [6.45, 7) is 0. The first-order chi connectivity index (χ1) is 7.19. The van der Waals surface area contributed by atoms with E-state index in [9.17, 15) is 9.59 Å². The first-order valence-corrected chi connectivity index (χ1v) is 5.34. The number of benzene rings is 1. The van der Waals surface area contributed by atoms with Gasteiger partial charge in [0, 0.05) is 0 Å². The third-order valence-electron chi connectivity index (χ3n) is 1.73. The summed E-state index contributed by atoms with van der Waals surface area (Å²) in [7, 11) is 1.30. The number of anilines is 1. The molecule has 1 aromatic rings. The summed E-state index contributed by atoms with van der Waals surface area (Å²) in [5.74, 6) is -0.688. The number of nitrogens with one attached hydrogen (secondary N) is 1. The molecule has 4 nitrogen and oxygen atoms in total. The molecule has 0 spiro atoms. The fraction of sp³-hybridized carbons (Fsp3) is 0.200. The lowest BCUT2D eigenvalue weighted by Crippen LogP contribution is -2.15. The van der Waals surface area contributed by atoms with E-state index in [-0.39, 0.29) is 11.2 Å². The Bertz CT molecular complexity index is 379. The summed E-state index contributed by atoms with van der Waals surface area (Å²) in [5.41, 5.74) is 0.795. The van der Waals surface area contributed by atoms with Gasteiger partial charge in [-0.2, -0.15) is 0 Å². The molecule has 0 heterocycles. The number of hydrogen-bond acceptors (Lipinski definition) is 3. The Hall–Kier alpha value is -1.36. The minimum absolute atomic E-state index is 0.183. The summed E-state index contributed by atoms with van der Waals surface area (Å²) in [4.78, 5) is 22.5. The number of para-hydroxylation sites is 1. The summed E-state index contributed by atoms with van der Waals surface area (Å²) < 4.78 is 4.59. The van der Waals surface area contributed by atoms with Crippen LogP contribution in [0.3, 0.4) is 0 Å². The van der Waals surface area contributed by atoms with Gasteiger partial charge in [-0.25, -0.2) is 4.79 Å². The van der Waals surface area contributed by atoms with Crippen molar-refractivity contribution in [2.45, 2.75) is 0 Å². The summed E-state index contributed by atoms with van der Waals surface area (Å²) in [5, 5.41) is 2.77. The minimum Gasteiger partial charge on any atom is -0.465 e. The van der Waals surface area contributed by atoms with E-state index in [1.54, 1.807) is 24.3 Å². The number of hydrogen-bond donors (Lipinski definition) is 1. The Kier molecular flexibility index (Phi) is 4.30. The predicted octanol–water partition coefficient (Wildman–Crippen LogP) is 1.81. The molecule has 0 aliphatic carbocycles. The molecule has 0 bridgehead atoms. The number of methoxy groups -OCH3 is 1. The van der Waals surface area contributed by atoms with Crippen LogP contribution in [0.4, 0.5) is 5.69 Å². The van der Waals surface area contributed by atoms with Crippen molar-refractivity contribution in [1.82, 2.24) is 0 Å². The van der Waals surface area contributed by atoms with Crippen molar-refractivity contribution in [3.63, 3.8) is 0 Å². The first kappa shape index (κ1) is 11.7. The summed E-state index contributed by atoms with van der Waals surface area (Å²) >= 11 is 3.02. The highest BCUT2D eigenvalue weighted by Gasteiger charge is 2.12. The van der Waals surface area contributed by atoms with Crippen LogP contribution in [0.25, 0.3) is 0 Å². The average Bonchev–Trinajstić information content (AvgIpc) is 2.28. The van der Waals surface area contributed by atoms with Gasteiger partial charge in [-0.3, -0.25) is 4.79 Å². The molecule has 15 heavy (non-hydrogen) atoms. The maximum Gasteiger partial charge on any atom is 0.339 e. The number of carbonyl (C=O) groups excluding carboxylic acids is 2. The molecule has 0 aliphatic heterocycles. The van der Waals surface area contributed by atoms with Gasteiger partial charge in [0.05, 0.1) is 23.7 Å². The van der Waals surface area contributed by atoms with Crippen LogP contribution in [-0.4, -0.2) is 24.3 Å². The molecule has 0 saturated carbocycles. The maximum absolute atomic E-state index is 11.3. The van der Waals surface area contributed by atoms with Gasteiger partial charge in [0.2, 0.25) is 5.91 Å². The lowest BCUT2D eigenvalue weighted by Gasteiger charge is -2.07. The number of esters is 1. The van der Waals surface area contributed by atoms with E-state index in [1.165, 1.54) is 7.11 Å². The van der Waals surface area contributed by atoms with Crippen LogP contribution >= 0.6 is 15.9 Å². The van der Waals surface area contributed by atoms with Crippen LogP contribution < -0.4 is 5.32 Å². The average molecular weight is 272 g/mol. The monoisotopic (exact) mass is 271 g/mol. The Balaban J connectivity index is 2.96. The Morgan fingerprint density at radius 1 is 1.40 bits per heavy atom. The van der Waals surface area contributed by atoms with Crippen molar-refractivity contribution in [3.8, 4) is 0 Å². The molecule has 1 aromatic carbocycles. The molecule has 0 aliphatic rings. The smallest absolute Gasteiger partial charge is 0.339 e. The molecule has 0 aromatic heterocycles. The maximum atomic E-state index is 11.3. The van der Waals surface area contributed by atoms with Crippen molar-refractivity contribution in [2.75, 3.05) is 17.8 Å². The number of ether oxygens (including phenoxy) is 1. The highest BCUT2D eigenvalue weighted by molar-refractivity contribution is 9.09. The molecule has 5 heteroatoms. The van der Waals surface area contributed by atoms with Gasteiger partial charge in [0.15, 0.2) is 0 Å². The fourth-order valence-corrected chi connectivity index (χ4v) is 1.20. The second-order valence-electron chi connectivity index (χ2n) is 2.72. The van der Waals surface area contributed by atoms with Gasteiger partial charge in [-0.1, -0.05) is 28.1 Å². The van der Waals surface area contributed by atoms with Crippen LogP contribution in [0.1, 0.15) is 10.4 Å². The van der Waals surface area contributed by atoms with Gasteiger partial charge in [-0.15, -0.1) is 0 Å². The summed E-state index contributed by atoms with van der Waals surface area (Å²) in [6, 6.07) is 6.68. The highest BCUT2D eigenvalue weighted by atomic mass is 79.9. The molecule has 1 N–H and O–H groups in total. The van der Waals surface area contributed by atoms with Crippen molar-refractivity contribution >= 4 is 33.5 Å². The zero-order valence-electron chi connectivity index (χ0n) is 8.12.